The summed E-state index contributed by atoms with van der Waals surface area (Å²) in [6, 6.07) is 3.74. The Bertz CT molecular complexity index is 1590. The monoisotopic (exact) mass is 594 g/mol. The maximum atomic E-state index is 11.9. The summed E-state index contributed by atoms with van der Waals surface area (Å²) in [7, 11) is 1.83. The topological polar surface area (TPSA) is 127 Å². The number of hydrogen-bond acceptors (Lipinski definition) is 9. The molecule has 224 valence electrons. The van der Waals surface area contributed by atoms with E-state index in [1.54, 1.807) is 6.20 Å². The highest BCUT2D eigenvalue weighted by molar-refractivity contribution is 6.30. The number of fused-ring (bicyclic) bond motifs is 1. The van der Waals surface area contributed by atoms with Crippen LogP contribution < -0.4 is 16.0 Å². The van der Waals surface area contributed by atoms with Crippen molar-refractivity contribution in [3.63, 3.8) is 0 Å². The number of rotatable bonds is 9. The fourth-order valence-corrected chi connectivity index (χ4v) is 6.46. The number of halogens is 1. The Morgan fingerprint density at radius 2 is 2.02 bits per heavy atom. The number of aromatic nitrogens is 6. The van der Waals surface area contributed by atoms with Gasteiger partial charge in [-0.1, -0.05) is 56.3 Å². The maximum absolute atomic E-state index is 11.9. The molecule has 1 saturated heterocycles. The molecule has 5 heterocycles. The number of nitrogens with one attached hydrogen (secondary N) is 2. The second-order valence-corrected chi connectivity index (χ2v) is 12.1. The summed E-state index contributed by atoms with van der Waals surface area (Å²) in [6.07, 6.45) is 9.93. The second-order valence-electron chi connectivity index (χ2n) is 11.7. The first-order chi connectivity index (χ1) is 20.4. The molecule has 2 aliphatic rings. The average molecular weight is 595 g/mol. The van der Waals surface area contributed by atoms with Crippen molar-refractivity contribution in [2.24, 2.45) is 11.8 Å². The number of ether oxygens (including phenoxy) is 1. The second kappa shape index (κ2) is 12.4. The third-order valence-corrected chi connectivity index (χ3v) is 8.82. The lowest BCUT2D eigenvalue weighted by Gasteiger charge is -2.35. The zero-order valence-electron chi connectivity index (χ0n) is 24.5. The summed E-state index contributed by atoms with van der Waals surface area (Å²) in [4.78, 5) is 31.7. The van der Waals surface area contributed by atoms with E-state index in [4.69, 9.17) is 30.8 Å². The van der Waals surface area contributed by atoms with Gasteiger partial charge in [-0.15, -0.1) is 0 Å². The Balaban J connectivity index is 1.55. The molecule has 0 amide bonds. The lowest BCUT2D eigenvalue weighted by atomic mass is 9.83. The highest BCUT2D eigenvalue weighted by atomic mass is 35.5. The zero-order valence-corrected chi connectivity index (χ0v) is 25.3. The molecular formula is C30H39ClN8O3. The molecule has 1 unspecified atom stereocenters. The summed E-state index contributed by atoms with van der Waals surface area (Å²) in [5.41, 5.74) is 3.54. The number of H-pyrrole nitrogens is 1. The molecule has 6 rings (SSSR count). The van der Waals surface area contributed by atoms with Crippen molar-refractivity contribution in [1.29, 1.82) is 0 Å². The van der Waals surface area contributed by atoms with Gasteiger partial charge in [-0.05, 0) is 43.2 Å². The lowest BCUT2D eigenvalue weighted by molar-refractivity contribution is 0.0331. The van der Waals surface area contributed by atoms with Crippen LogP contribution in [0.2, 0.25) is 5.02 Å². The number of pyridine rings is 2. The highest BCUT2D eigenvalue weighted by Gasteiger charge is 2.30. The van der Waals surface area contributed by atoms with E-state index >= 15 is 0 Å². The van der Waals surface area contributed by atoms with Gasteiger partial charge in [0, 0.05) is 38.4 Å². The molecule has 0 bridgehead atoms. The molecule has 11 nitrogen and oxygen atoms in total. The summed E-state index contributed by atoms with van der Waals surface area (Å²) in [6.45, 7) is 7.62. The minimum Gasteiger partial charge on any atom is -0.375 e. The number of unbranched alkanes of at least 4 members (excludes halogenated alkanes) is 1. The SMILES string of the molecule is CCCCC1CN(c2nc3cc(-c4noc(=O)[nH]4)nc(-c4cc(Cl)cnc4NC)c3n2CC2CCC(C)CC2)CCO1. The van der Waals surface area contributed by atoms with Crippen molar-refractivity contribution < 1.29 is 9.26 Å². The van der Waals surface area contributed by atoms with E-state index in [1.165, 1.54) is 25.7 Å². The molecule has 0 spiro atoms. The van der Waals surface area contributed by atoms with Crippen LogP contribution in [-0.2, 0) is 11.3 Å². The van der Waals surface area contributed by atoms with E-state index in [2.05, 4.69) is 43.8 Å². The van der Waals surface area contributed by atoms with Crippen molar-refractivity contribution in [1.82, 2.24) is 29.7 Å². The number of morpholine rings is 1. The van der Waals surface area contributed by atoms with Gasteiger partial charge in [-0.3, -0.25) is 9.51 Å². The summed E-state index contributed by atoms with van der Waals surface area (Å²) >= 11 is 6.49. The largest absolute Gasteiger partial charge is 0.439 e. The number of imidazole rings is 1. The number of nitrogens with zero attached hydrogens (tertiary/aromatic N) is 6. The molecule has 1 aliphatic heterocycles. The van der Waals surface area contributed by atoms with Gasteiger partial charge >= 0.3 is 5.76 Å². The van der Waals surface area contributed by atoms with E-state index in [9.17, 15) is 4.79 Å². The van der Waals surface area contributed by atoms with Gasteiger partial charge in [0.1, 0.15) is 17.2 Å². The fourth-order valence-electron chi connectivity index (χ4n) is 6.30. The Kier molecular flexibility index (Phi) is 8.48. The molecule has 4 aromatic heterocycles. The van der Waals surface area contributed by atoms with E-state index in [0.717, 1.165) is 67.4 Å². The van der Waals surface area contributed by atoms with Gasteiger partial charge in [-0.2, -0.15) is 0 Å². The smallest absolute Gasteiger partial charge is 0.375 e. The fraction of sp³-hybridized carbons (Fsp3) is 0.567. The first-order valence-corrected chi connectivity index (χ1v) is 15.5. The van der Waals surface area contributed by atoms with Crippen molar-refractivity contribution in [2.45, 2.75) is 71.4 Å². The Morgan fingerprint density at radius 3 is 2.76 bits per heavy atom. The van der Waals surface area contributed by atoms with Gasteiger partial charge < -0.3 is 19.5 Å². The zero-order chi connectivity index (χ0) is 29.2. The van der Waals surface area contributed by atoms with Gasteiger partial charge in [-0.25, -0.2) is 19.7 Å². The molecule has 1 aliphatic carbocycles. The normalized spacial score (nSPS) is 21.2. The average Bonchev–Trinajstić information content (AvgIpc) is 3.60. The standard InChI is InChI=1S/C30H39ClN8O3/c1-4-5-6-21-17-38(11-12-41-21)29-35-23-14-24(28-36-30(40)42-37-28)34-25(22-13-20(31)15-33-27(22)32-3)26(23)39(29)16-19-9-7-18(2)8-10-19/h13-15,18-19,21H,4-12,16-17H2,1-3H3,(H,32,33)(H,36,37,40). The third-order valence-electron chi connectivity index (χ3n) is 8.61. The van der Waals surface area contributed by atoms with Crippen molar-refractivity contribution >= 4 is 34.4 Å². The van der Waals surface area contributed by atoms with Crippen LogP contribution in [0, 0.1) is 11.8 Å². The molecular weight excluding hydrogens is 556 g/mol. The molecule has 1 atom stereocenters. The maximum Gasteiger partial charge on any atom is 0.439 e. The van der Waals surface area contributed by atoms with Crippen LogP contribution in [0.25, 0.3) is 33.8 Å². The summed E-state index contributed by atoms with van der Waals surface area (Å²) < 4.78 is 13.3. The van der Waals surface area contributed by atoms with Crippen LogP contribution in [0.15, 0.2) is 27.6 Å². The van der Waals surface area contributed by atoms with Gasteiger partial charge in [0.05, 0.1) is 28.8 Å². The van der Waals surface area contributed by atoms with E-state index in [1.807, 2.05) is 19.2 Å². The Labute approximate surface area is 250 Å². The summed E-state index contributed by atoms with van der Waals surface area (Å²) in [5, 5.41) is 7.61. The first-order valence-electron chi connectivity index (χ1n) is 15.1. The highest BCUT2D eigenvalue weighted by Crippen LogP contribution is 2.39. The summed E-state index contributed by atoms with van der Waals surface area (Å²) in [5.74, 6) is 2.47. The number of aromatic amines is 1. The quantitative estimate of drug-likeness (QED) is 0.249. The molecule has 42 heavy (non-hydrogen) atoms. The first kappa shape index (κ1) is 28.7. The third kappa shape index (κ3) is 5.89. The molecule has 2 N–H and O–H groups in total. The Morgan fingerprint density at radius 1 is 1.19 bits per heavy atom. The number of anilines is 2. The van der Waals surface area contributed by atoms with Crippen LogP contribution in [0.5, 0.6) is 0 Å². The van der Waals surface area contributed by atoms with Gasteiger partial charge in [0.25, 0.3) is 0 Å². The van der Waals surface area contributed by atoms with Crippen molar-refractivity contribution in [3.8, 4) is 22.8 Å². The number of hydrogen-bond donors (Lipinski definition) is 2. The van der Waals surface area contributed by atoms with Crippen LogP contribution in [0.3, 0.4) is 0 Å². The van der Waals surface area contributed by atoms with E-state index in [-0.39, 0.29) is 11.9 Å². The van der Waals surface area contributed by atoms with E-state index < -0.39 is 5.76 Å². The van der Waals surface area contributed by atoms with Crippen molar-refractivity contribution in [2.75, 3.05) is 37.0 Å². The molecule has 4 aromatic rings. The predicted octanol–water partition coefficient (Wildman–Crippen LogP) is 5.75. The molecule has 0 radical (unpaired) electrons. The molecule has 1 saturated carbocycles. The molecule has 2 fully saturated rings. The lowest BCUT2D eigenvalue weighted by Crippen LogP contribution is -2.43. The predicted molar refractivity (Wildman–Crippen MR) is 164 cm³/mol. The minimum absolute atomic E-state index is 0.170. The van der Waals surface area contributed by atoms with Gasteiger partial charge in [0.2, 0.25) is 11.8 Å². The van der Waals surface area contributed by atoms with Crippen molar-refractivity contribution in [3.05, 3.63) is 33.9 Å². The van der Waals surface area contributed by atoms with E-state index in [0.29, 0.717) is 34.8 Å². The minimum atomic E-state index is -0.641. The molecule has 12 heteroatoms. The van der Waals surface area contributed by atoms with Crippen LogP contribution in [0.4, 0.5) is 11.8 Å². The van der Waals surface area contributed by atoms with Gasteiger partial charge in [0.15, 0.2) is 0 Å². The van der Waals surface area contributed by atoms with Crippen LogP contribution in [0.1, 0.15) is 58.8 Å². The molecule has 0 aromatic carbocycles. The Hall–Kier alpha value is -3.44. The van der Waals surface area contributed by atoms with Crippen LogP contribution >= 0.6 is 11.6 Å². The van der Waals surface area contributed by atoms with Crippen LogP contribution in [-0.4, -0.2) is 62.5 Å².